The molecule has 1 unspecified atom stereocenters. The van der Waals surface area contributed by atoms with Crippen LogP contribution in [0, 0.1) is 17.8 Å². The highest BCUT2D eigenvalue weighted by Crippen LogP contribution is 2.30. The smallest absolute Gasteiger partial charge is 0.189 e. The molecule has 0 aromatic heterocycles. The first kappa shape index (κ1) is 15.7. The maximum absolute atomic E-state index is 9.83. The second-order valence-corrected chi connectivity index (χ2v) is 11.1. The van der Waals surface area contributed by atoms with E-state index in [-0.39, 0.29) is 17.6 Å². The third kappa shape index (κ3) is 6.01. The van der Waals surface area contributed by atoms with Crippen LogP contribution in [0.5, 0.6) is 0 Å². The van der Waals surface area contributed by atoms with Gasteiger partial charge in [0.1, 0.15) is 12.2 Å². The highest BCUT2D eigenvalue weighted by Gasteiger charge is 2.36. The Labute approximate surface area is 112 Å². The SMILES string of the molecule is C#C[C@@H](C[C@H](O)C1CO1)O[Si](C)(C)CC(C)(C)C. The molecule has 18 heavy (non-hydrogen) atoms. The number of rotatable bonds is 6. The van der Waals surface area contributed by atoms with Crippen molar-refractivity contribution in [2.24, 2.45) is 5.41 Å². The van der Waals surface area contributed by atoms with E-state index < -0.39 is 14.4 Å². The topological polar surface area (TPSA) is 42.0 Å². The lowest BCUT2D eigenvalue weighted by Gasteiger charge is -2.33. The van der Waals surface area contributed by atoms with Crippen molar-refractivity contribution in [2.75, 3.05) is 6.61 Å². The number of aliphatic hydroxyl groups is 1. The Balaban J connectivity index is 2.48. The summed E-state index contributed by atoms with van der Waals surface area (Å²) in [6.07, 6.45) is 5.16. The third-order valence-electron chi connectivity index (χ3n) is 2.85. The Morgan fingerprint density at radius 2 is 2.06 bits per heavy atom. The summed E-state index contributed by atoms with van der Waals surface area (Å²) in [4.78, 5) is 0. The molecule has 1 fully saturated rings. The van der Waals surface area contributed by atoms with Crippen molar-refractivity contribution >= 4 is 8.32 Å². The molecule has 0 bridgehead atoms. The minimum absolute atomic E-state index is 0.0307. The number of ether oxygens (including phenoxy) is 1. The van der Waals surface area contributed by atoms with Gasteiger partial charge in [-0.15, -0.1) is 6.42 Å². The molecule has 1 aliphatic heterocycles. The molecule has 0 aliphatic carbocycles. The molecule has 0 aromatic rings. The van der Waals surface area contributed by atoms with Gasteiger partial charge in [-0.25, -0.2) is 0 Å². The van der Waals surface area contributed by atoms with Crippen molar-refractivity contribution in [1.82, 2.24) is 0 Å². The molecular weight excluding hydrogens is 244 g/mol. The van der Waals surface area contributed by atoms with E-state index in [0.717, 1.165) is 6.04 Å². The quantitative estimate of drug-likeness (QED) is 0.458. The van der Waals surface area contributed by atoms with Gasteiger partial charge in [0.15, 0.2) is 8.32 Å². The highest BCUT2D eigenvalue weighted by atomic mass is 28.4. The van der Waals surface area contributed by atoms with Crippen molar-refractivity contribution in [3.63, 3.8) is 0 Å². The van der Waals surface area contributed by atoms with Gasteiger partial charge in [-0.2, -0.15) is 0 Å². The van der Waals surface area contributed by atoms with E-state index in [1.54, 1.807) is 0 Å². The number of aliphatic hydroxyl groups excluding tert-OH is 1. The zero-order valence-corrected chi connectivity index (χ0v) is 13.2. The first-order chi connectivity index (χ1) is 8.13. The minimum Gasteiger partial charge on any atom is -0.404 e. The largest absolute Gasteiger partial charge is 0.404 e. The van der Waals surface area contributed by atoms with E-state index in [2.05, 4.69) is 39.8 Å². The highest BCUT2D eigenvalue weighted by molar-refractivity contribution is 6.71. The lowest BCUT2D eigenvalue weighted by molar-refractivity contribution is 0.0885. The maximum atomic E-state index is 9.83. The zero-order chi connectivity index (χ0) is 14.0. The molecule has 0 aromatic carbocycles. The molecule has 3 atom stereocenters. The minimum atomic E-state index is -1.80. The van der Waals surface area contributed by atoms with Crippen LogP contribution < -0.4 is 0 Å². The van der Waals surface area contributed by atoms with Crippen molar-refractivity contribution in [3.8, 4) is 12.3 Å². The van der Waals surface area contributed by atoms with Crippen molar-refractivity contribution in [2.45, 2.75) is 64.6 Å². The van der Waals surface area contributed by atoms with Gasteiger partial charge in [-0.05, 0) is 24.6 Å². The first-order valence-electron chi connectivity index (χ1n) is 6.56. The fourth-order valence-electron chi connectivity index (χ4n) is 2.50. The number of terminal acetylenes is 1. The summed E-state index contributed by atoms with van der Waals surface area (Å²) in [6, 6.07) is 1.05. The number of hydrogen-bond donors (Lipinski definition) is 1. The van der Waals surface area contributed by atoms with Gasteiger partial charge in [-0.1, -0.05) is 26.7 Å². The summed E-state index contributed by atoms with van der Waals surface area (Å²) in [5.74, 6) is 2.65. The molecule has 0 radical (unpaired) electrons. The zero-order valence-electron chi connectivity index (χ0n) is 12.2. The van der Waals surface area contributed by atoms with Crippen LogP contribution in [-0.2, 0) is 9.16 Å². The summed E-state index contributed by atoms with van der Waals surface area (Å²) < 4.78 is 11.2. The fraction of sp³-hybridized carbons (Fsp3) is 0.857. The Morgan fingerprint density at radius 1 is 1.50 bits per heavy atom. The molecule has 1 N–H and O–H groups in total. The van der Waals surface area contributed by atoms with Gasteiger partial charge >= 0.3 is 0 Å². The second kappa shape index (κ2) is 5.75. The second-order valence-electron chi connectivity index (χ2n) is 6.95. The van der Waals surface area contributed by atoms with Gasteiger partial charge in [-0.3, -0.25) is 0 Å². The molecule has 3 nitrogen and oxygen atoms in total. The lowest BCUT2D eigenvalue weighted by Crippen LogP contribution is -2.40. The van der Waals surface area contributed by atoms with Gasteiger partial charge in [0.25, 0.3) is 0 Å². The van der Waals surface area contributed by atoms with Crippen molar-refractivity contribution in [3.05, 3.63) is 0 Å². The Bertz CT molecular complexity index is 310. The van der Waals surface area contributed by atoms with Crippen LogP contribution in [0.2, 0.25) is 19.1 Å². The van der Waals surface area contributed by atoms with Crippen LogP contribution in [0.25, 0.3) is 0 Å². The van der Waals surface area contributed by atoms with Gasteiger partial charge in [0.05, 0.1) is 12.7 Å². The van der Waals surface area contributed by atoms with Crippen LogP contribution in [0.3, 0.4) is 0 Å². The summed E-state index contributed by atoms with van der Waals surface area (Å²) in [7, 11) is -1.80. The summed E-state index contributed by atoms with van der Waals surface area (Å²) in [6.45, 7) is 11.6. The van der Waals surface area contributed by atoms with E-state index >= 15 is 0 Å². The molecule has 0 saturated carbocycles. The van der Waals surface area contributed by atoms with Gasteiger partial charge < -0.3 is 14.3 Å². The standard InChI is InChI=1S/C14H26O3Si/c1-7-11(8-12(15)13-9-16-13)17-18(5,6)10-14(2,3)4/h1,11-13,15H,8-10H2,2-6H3/t11-,12-,13?/m0/s1. The molecule has 104 valence electrons. The van der Waals surface area contributed by atoms with Crippen molar-refractivity contribution in [1.29, 1.82) is 0 Å². The molecular formula is C14H26O3Si. The summed E-state index contributed by atoms with van der Waals surface area (Å²) in [5.41, 5.74) is 0.243. The van der Waals surface area contributed by atoms with E-state index in [9.17, 15) is 5.11 Å². The molecule has 0 amide bonds. The van der Waals surface area contributed by atoms with Gasteiger partial charge in [0.2, 0.25) is 0 Å². The van der Waals surface area contributed by atoms with E-state index in [4.69, 9.17) is 15.6 Å². The molecule has 1 rings (SSSR count). The number of hydrogen-bond acceptors (Lipinski definition) is 3. The molecule has 1 saturated heterocycles. The van der Waals surface area contributed by atoms with E-state index in [0.29, 0.717) is 13.0 Å². The molecule has 0 spiro atoms. The molecule has 1 heterocycles. The van der Waals surface area contributed by atoms with Crippen LogP contribution in [0.15, 0.2) is 0 Å². The predicted molar refractivity (Wildman–Crippen MR) is 75.8 cm³/mol. The average molecular weight is 270 g/mol. The third-order valence-corrected chi connectivity index (χ3v) is 5.68. The lowest BCUT2D eigenvalue weighted by atomic mass is 10.0. The molecule has 4 heteroatoms. The fourth-order valence-corrected chi connectivity index (χ4v) is 6.08. The van der Waals surface area contributed by atoms with E-state index in [1.807, 2.05) is 0 Å². The van der Waals surface area contributed by atoms with Crippen molar-refractivity contribution < 1.29 is 14.3 Å². The molecule has 1 aliphatic rings. The predicted octanol–water partition coefficient (Wildman–Crippen LogP) is 2.41. The monoisotopic (exact) mass is 270 g/mol. The van der Waals surface area contributed by atoms with Gasteiger partial charge in [0, 0.05) is 6.42 Å². The summed E-state index contributed by atoms with van der Waals surface area (Å²) >= 11 is 0. The average Bonchev–Trinajstić information content (AvgIpc) is 2.94. The maximum Gasteiger partial charge on any atom is 0.189 e. The number of epoxide rings is 1. The van der Waals surface area contributed by atoms with Crippen LogP contribution >= 0.6 is 0 Å². The normalized spacial score (nSPS) is 23.3. The van der Waals surface area contributed by atoms with Crippen LogP contribution in [-0.4, -0.2) is 38.3 Å². The Morgan fingerprint density at radius 3 is 2.44 bits per heavy atom. The Hall–Kier alpha value is -0.343. The summed E-state index contributed by atoms with van der Waals surface area (Å²) in [5, 5.41) is 9.83. The Kier molecular flexibility index (Phi) is 5.02. The first-order valence-corrected chi connectivity index (χ1v) is 9.68. The van der Waals surface area contributed by atoms with Crippen LogP contribution in [0.1, 0.15) is 27.2 Å². The van der Waals surface area contributed by atoms with E-state index in [1.165, 1.54) is 0 Å². The van der Waals surface area contributed by atoms with Crippen LogP contribution in [0.4, 0.5) is 0 Å².